The molecular formula is C22H26N4O4S. The molecule has 1 unspecified atom stereocenters. The minimum absolute atomic E-state index is 0.448. The fraction of sp³-hybridized carbons (Fsp3) is 0.273. The fourth-order valence-corrected chi connectivity index (χ4v) is 3.33. The quantitative estimate of drug-likeness (QED) is 0.404. The number of nitrogens with one attached hydrogen (secondary N) is 3. The number of alkyl carbamates (subject to hydrolysis) is 1. The van der Waals surface area contributed by atoms with Gasteiger partial charge in [-0.1, -0.05) is 42.5 Å². The van der Waals surface area contributed by atoms with Crippen molar-refractivity contribution in [3.8, 4) is 11.3 Å². The highest BCUT2D eigenvalue weighted by atomic mass is 32.2. The summed E-state index contributed by atoms with van der Waals surface area (Å²) in [6.45, 7) is 5.41. The van der Waals surface area contributed by atoms with Crippen molar-refractivity contribution in [1.82, 2.24) is 15.3 Å². The Morgan fingerprint density at radius 3 is 2.45 bits per heavy atom. The van der Waals surface area contributed by atoms with E-state index in [1.165, 1.54) is 0 Å². The molecule has 1 amide bonds. The Morgan fingerprint density at radius 2 is 1.84 bits per heavy atom. The largest absolute Gasteiger partial charge is 0.444 e. The number of carbonyl (C=O) groups excluding carboxylic acids is 1. The van der Waals surface area contributed by atoms with Gasteiger partial charge in [-0.05, 0) is 44.0 Å². The van der Waals surface area contributed by atoms with Gasteiger partial charge in [-0.3, -0.25) is 9.27 Å². The van der Waals surface area contributed by atoms with E-state index in [1.807, 2.05) is 42.5 Å². The Bertz CT molecular complexity index is 1030. The number of carbonyl (C=O) groups is 1. The van der Waals surface area contributed by atoms with Gasteiger partial charge in [0.25, 0.3) is 11.3 Å². The molecule has 0 bridgehead atoms. The Hall–Kier alpha value is -3.17. The van der Waals surface area contributed by atoms with Gasteiger partial charge < -0.3 is 15.0 Å². The number of ether oxygens (including phenoxy) is 1. The number of aromatic amines is 1. The highest BCUT2D eigenvalue weighted by Gasteiger charge is 2.23. The Morgan fingerprint density at radius 1 is 1.16 bits per heavy atom. The van der Waals surface area contributed by atoms with Crippen molar-refractivity contribution >= 4 is 23.0 Å². The van der Waals surface area contributed by atoms with Crippen molar-refractivity contribution in [2.75, 3.05) is 4.72 Å². The van der Waals surface area contributed by atoms with Gasteiger partial charge in [0.15, 0.2) is 0 Å². The predicted molar refractivity (Wildman–Crippen MR) is 121 cm³/mol. The lowest BCUT2D eigenvalue weighted by molar-refractivity contribution is 0.0501. The van der Waals surface area contributed by atoms with Crippen LogP contribution >= 0.6 is 0 Å². The summed E-state index contributed by atoms with van der Waals surface area (Å²) in [7, 11) is 0. The normalized spacial score (nSPS) is 13.3. The maximum atomic E-state index is 12.4. The summed E-state index contributed by atoms with van der Waals surface area (Å²) in [5.41, 5.74) is 2.64. The van der Waals surface area contributed by atoms with Crippen LogP contribution in [-0.2, 0) is 22.4 Å². The molecule has 164 valence electrons. The van der Waals surface area contributed by atoms with E-state index in [2.05, 4.69) is 20.0 Å². The standard InChI is InChI=1S/C22H26N4O4S/c1-22(2,3)30-21(27)25-18(13-15-9-11-17(12-10-15)26-31(28)29)20-23-14-19(24-20)16-7-5-4-6-8-16/h4-12,14,18,26H,13H2,1-3H3,(H,23,24)(H,25,27)(H,28,29)/t18-/m0/s1. The van der Waals surface area contributed by atoms with Crippen molar-refractivity contribution in [2.45, 2.75) is 38.8 Å². The molecule has 0 fully saturated rings. The molecule has 0 saturated heterocycles. The van der Waals surface area contributed by atoms with E-state index in [1.54, 1.807) is 39.1 Å². The molecule has 31 heavy (non-hydrogen) atoms. The molecule has 1 aromatic heterocycles. The molecule has 3 rings (SSSR count). The molecule has 1 heterocycles. The van der Waals surface area contributed by atoms with Gasteiger partial charge >= 0.3 is 6.09 Å². The summed E-state index contributed by atoms with van der Waals surface area (Å²) in [5.74, 6) is 0.600. The van der Waals surface area contributed by atoms with Crippen molar-refractivity contribution < 1.29 is 18.3 Å². The molecule has 9 heteroatoms. The first kappa shape index (κ1) is 22.5. The van der Waals surface area contributed by atoms with Crippen LogP contribution in [0.1, 0.15) is 38.2 Å². The van der Waals surface area contributed by atoms with E-state index in [9.17, 15) is 9.00 Å². The monoisotopic (exact) mass is 442 g/mol. The average molecular weight is 443 g/mol. The van der Waals surface area contributed by atoms with Crippen LogP contribution in [0.15, 0.2) is 60.8 Å². The molecule has 0 radical (unpaired) electrons. The maximum absolute atomic E-state index is 12.4. The van der Waals surface area contributed by atoms with Gasteiger partial charge in [-0.2, -0.15) is 0 Å². The van der Waals surface area contributed by atoms with Gasteiger partial charge in [0, 0.05) is 12.1 Å². The Kier molecular flexibility index (Phi) is 7.09. The van der Waals surface area contributed by atoms with E-state index in [0.29, 0.717) is 17.9 Å². The Labute approximate surface area is 183 Å². The molecule has 2 atom stereocenters. The number of hydrogen-bond acceptors (Lipinski definition) is 4. The third kappa shape index (κ3) is 6.94. The average Bonchev–Trinajstić information content (AvgIpc) is 3.18. The molecule has 0 aliphatic carbocycles. The molecule has 0 spiro atoms. The summed E-state index contributed by atoms with van der Waals surface area (Å²) in [4.78, 5) is 20.2. The molecule has 0 saturated carbocycles. The molecule has 0 aliphatic heterocycles. The summed E-state index contributed by atoms with van der Waals surface area (Å²) < 4.78 is 27.7. The molecule has 3 aromatic rings. The van der Waals surface area contributed by atoms with Crippen LogP contribution < -0.4 is 10.0 Å². The minimum Gasteiger partial charge on any atom is -0.444 e. The Balaban J connectivity index is 1.82. The number of amides is 1. The lowest BCUT2D eigenvalue weighted by atomic mass is 10.1. The van der Waals surface area contributed by atoms with Crippen molar-refractivity contribution in [1.29, 1.82) is 0 Å². The second-order valence-corrected chi connectivity index (χ2v) is 8.70. The van der Waals surface area contributed by atoms with E-state index in [-0.39, 0.29) is 0 Å². The summed E-state index contributed by atoms with van der Waals surface area (Å²) in [6, 6.07) is 16.4. The number of nitrogens with zero attached hydrogens (tertiary/aromatic N) is 1. The van der Waals surface area contributed by atoms with Crippen LogP contribution in [0.4, 0.5) is 10.5 Å². The van der Waals surface area contributed by atoms with Crippen molar-refractivity contribution in [3.63, 3.8) is 0 Å². The number of imidazole rings is 1. The SMILES string of the molecule is CC(C)(C)OC(=O)N[C@@H](Cc1ccc(NS(=O)O)cc1)c1ncc(-c2ccccc2)[nH]1. The van der Waals surface area contributed by atoms with Crippen LogP contribution in [0.5, 0.6) is 0 Å². The van der Waals surface area contributed by atoms with Gasteiger partial charge in [0.2, 0.25) is 0 Å². The van der Waals surface area contributed by atoms with E-state index >= 15 is 0 Å². The zero-order valence-electron chi connectivity index (χ0n) is 17.6. The summed E-state index contributed by atoms with van der Waals surface area (Å²) >= 11 is -2.14. The minimum atomic E-state index is -2.14. The number of benzene rings is 2. The van der Waals surface area contributed by atoms with Crippen LogP contribution in [0, 0.1) is 0 Å². The third-order valence-corrected chi connectivity index (χ3v) is 4.71. The molecule has 8 nitrogen and oxygen atoms in total. The fourth-order valence-electron chi connectivity index (χ4n) is 2.99. The first-order valence-electron chi connectivity index (χ1n) is 9.76. The smallest absolute Gasteiger partial charge is 0.408 e. The zero-order valence-corrected chi connectivity index (χ0v) is 18.4. The second kappa shape index (κ2) is 9.76. The molecule has 2 aromatic carbocycles. The van der Waals surface area contributed by atoms with Gasteiger partial charge in [-0.25, -0.2) is 14.0 Å². The van der Waals surface area contributed by atoms with E-state index in [0.717, 1.165) is 16.8 Å². The number of hydrogen-bond donors (Lipinski definition) is 4. The summed E-state index contributed by atoms with van der Waals surface area (Å²) in [5, 5.41) is 2.89. The number of H-pyrrole nitrogens is 1. The van der Waals surface area contributed by atoms with Crippen molar-refractivity contribution in [2.24, 2.45) is 0 Å². The molecule has 4 N–H and O–H groups in total. The number of rotatable bonds is 7. The first-order valence-corrected chi connectivity index (χ1v) is 10.9. The second-order valence-electron chi connectivity index (χ2n) is 8.00. The number of aromatic nitrogens is 2. The number of anilines is 1. The van der Waals surface area contributed by atoms with Crippen LogP contribution in [0.3, 0.4) is 0 Å². The highest BCUT2D eigenvalue weighted by molar-refractivity contribution is 7.80. The zero-order chi connectivity index (χ0) is 22.4. The van der Waals surface area contributed by atoms with Gasteiger partial charge in [-0.15, -0.1) is 0 Å². The lowest BCUT2D eigenvalue weighted by Crippen LogP contribution is -2.36. The van der Waals surface area contributed by atoms with Gasteiger partial charge in [0.1, 0.15) is 11.4 Å². The predicted octanol–water partition coefficient (Wildman–Crippen LogP) is 4.43. The maximum Gasteiger partial charge on any atom is 0.408 e. The van der Waals surface area contributed by atoms with Crippen LogP contribution in [0.2, 0.25) is 0 Å². The molecular weight excluding hydrogens is 416 g/mol. The van der Waals surface area contributed by atoms with Gasteiger partial charge in [0.05, 0.1) is 17.9 Å². The van der Waals surface area contributed by atoms with E-state index in [4.69, 9.17) is 9.29 Å². The summed E-state index contributed by atoms with van der Waals surface area (Å²) in [6.07, 6.45) is 1.64. The topological polar surface area (TPSA) is 116 Å². The first-order chi connectivity index (χ1) is 14.7. The lowest BCUT2D eigenvalue weighted by Gasteiger charge is -2.23. The highest BCUT2D eigenvalue weighted by Crippen LogP contribution is 2.23. The van der Waals surface area contributed by atoms with Crippen LogP contribution in [0.25, 0.3) is 11.3 Å². The van der Waals surface area contributed by atoms with Crippen molar-refractivity contribution in [3.05, 3.63) is 72.2 Å². The third-order valence-electron chi connectivity index (χ3n) is 4.30. The molecule has 0 aliphatic rings. The van der Waals surface area contributed by atoms with Crippen LogP contribution in [-0.4, -0.2) is 30.4 Å². The van der Waals surface area contributed by atoms with E-state index < -0.39 is 29.0 Å².